The van der Waals surface area contributed by atoms with E-state index in [0.717, 1.165) is 0 Å². The monoisotopic (exact) mass is 460 g/mol. The van der Waals surface area contributed by atoms with Gasteiger partial charge >= 0.3 is 23.9 Å². The minimum Gasteiger partial charge on any atom is -0.481 e. The summed E-state index contributed by atoms with van der Waals surface area (Å²) in [4.78, 5) is 48.3. The Morgan fingerprint density at radius 3 is 1.62 bits per heavy atom. The Morgan fingerprint density at radius 1 is 0.781 bits per heavy atom. The van der Waals surface area contributed by atoms with Crippen molar-refractivity contribution in [2.45, 2.75) is 110 Å². The van der Waals surface area contributed by atoms with Crippen molar-refractivity contribution in [3.8, 4) is 0 Å². The Hall–Kier alpha value is -2.20. The highest BCUT2D eigenvalue weighted by Crippen LogP contribution is 2.32. The quantitative estimate of drug-likeness (QED) is 0.310. The first-order valence-corrected chi connectivity index (χ1v) is 11.3. The fourth-order valence-electron chi connectivity index (χ4n) is 3.45. The maximum atomic E-state index is 12.3. The van der Waals surface area contributed by atoms with Crippen molar-refractivity contribution in [3.63, 3.8) is 0 Å². The predicted octanol–water partition coefficient (Wildman–Crippen LogP) is 2.34. The molecule has 1 saturated heterocycles. The van der Waals surface area contributed by atoms with Crippen LogP contribution in [0.2, 0.25) is 0 Å². The summed E-state index contributed by atoms with van der Waals surface area (Å²) in [6.07, 6.45) is -4.88. The van der Waals surface area contributed by atoms with Crippen molar-refractivity contribution >= 4 is 23.9 Å². The number of hydrogen-bond acceptors (Lipinski definition) is 9. The fraction of sp³-hybridized carbons (Fsp3) is 0.818. The first-order valence-electron chi connectivity index (χ1n) is 11.3. The van der Waals surface area contributed by atoms with Gasteiger partial charge < -0.3 is 29.2 Å². The molecule has 0 aromatic rings. The molecule has 0 bridgehead atoms. The molecule has 2 unspecified atom stereocenters. The molecule has 32 heavy (non-hydrogen) atoms. The van der Waals surface area contributed by atoms with Gasteiger partial charge in [-0.25, -0.2) is 0 Å². The predicted molar refractivity (Wildman–Crippen MR) is 111 cm³/mol. The molecule has 0 amide bonds. The van der Waals surface area contributed by atoms with E-state index in [1.165, 1.54) is 0 Å². The van der Waals surface area contributed by atoms with Crippen LogP contribution in [0.15, 0.2) is 0 Å². The Labute approximate surface area is 188 Å². The highest BCUT2D eigenvalue weighted by atomic mass is 16.7. The van der Waals surface area contributed by atoms with Crippen LogP contribution in [0.25, 0.3) is 0 Å². The van der Waals surface area contributed by atoms with Crippen LogP contribution < -0.4 is 0 Å². The van der Waals surface area contributed by atoms with Crippen LogP contribution in [-0.4, -0.2) is 64.8 Å². The number of aliphatic carboxylic acids is 1. The molecular formula is C22H36O10. The van der Waals surface area contributed by atoms with Gasteiger partial charge in [-0.05, 0) is 32.1 Å². The number of ether oxygens (including phenoxy) is 4. The smallest absolute Gasteiger partial charge is 0.306 e. The van der Waals surface area contributed by atoms with E-state index in [1.54, 1.807) is 27.7 Å². The molecule has 0 aromatic carbocycles. The van der Waals surface area contributed by atoms with Gasteiger partial charge in [0.15, 0.2) is 24.6 Å². The summed E-state index contributed by atoms with van der Waals surface area (Å²) < 4.78 is 22.0. The Balaban J connectivity index is 3.31. The zero-order valence-electron chi connectivity index (χ0n) is 19.3. The van der Waals surface area contributed by atoms with E-state index in [9.17, 15) is 29.4 Å². The fourth-order valence-corrected chi connectivity index (χ4v) is 3.45. The Morgan fingerprint density at radius 2 is 1.22 bits per heavy atom. The number of rotatable bonds is 13. The number of carboxylic acids is 1. The van der Waals surface area contributed by atoms with Gasteiger partial charge in [-0.3, -0.25) is 19.2 Å². The first-order chi connectivity index (χ1) is 15.2. The lowest BCUT2D eigenvalue weighted by Gasteiger charge is -2.43. The van der Waals surface area contributed by atoms with Crippen molar-refractivity contribution in [3.05, 3.63) is 0 Å². The first kappa shape index (κ1) is 27.8. The molecule has 10 nitrogen and oxygen atoms in total. The zero-order chi connectivity index (χ0) is 24.3. The topological polar surface area (TPSA) is 146 Å². The lowest BCUT2D eigenvalue weighted by Crippen LogP contribution is -2.61. The van der Waals surface area contributed by atoms with Gasteiger partial charge in [-0.1, -0.05) is 27.7 Å². The molecule has 0 radical (unpaired) electrons. The average molecular weight is 461 g/mol. The number of esters is 3. The molecule has 184 valence electrons. The maximum absolute atomic E-state index is 12.3. The number of carboxylic acid groups (broad SMARTS) is 1. The molecule has 1 aliphatic heterocycles. The molecule has 0 saturated carbocycles. The van der Waals surface area contributed by atoms with E-state index in [-0.39, 0.29) is 32.1 Å². The van der Waals surface area contributed by atoms with E-state index in [0.29, 0.717) is 19.3 Å². The van der Waals surface area contributed by atoms with Crippen LogP contribution in [0.1, 0.15) is 79.1 Å². The van der Waals surface area contributed by atoms with Crippen molar-refractivity contribution < 1.29 is 48.3 Å². The highest BCUT2D eigenvalue weighted by Gasteiger charge is 2.52. The molecule has 1 fully saturated rings. The minimum atomic E-state index is -1.69. The SMILES string of the molecule is CCCC(=O)O[C@H]1[C@H](OC(=O)CCC)[C@@H](OC(=O)CCC)C(O)O[C@@H]1CC(CC)C(=O)O. The molecular weight excluding hydrogens is 424 g/mol. The molecule has 6 atom stereocenters. The summed E-state index contributed by atoms with van der Waals surface area (Å²) in [5, 5.41) is 20.0. The minimum absolute atomic E-state index is 0.0656. The normalized spacial score (nSPS) is 26.1. The third-order valence-corrected chi connectivity index (χ3v) is 5.13. The number of aliphatic hydroxyl groups excluding tert-OH is 1. The molecule has 1 rings (SSSR count). The molecule has 0 aliphatic carbocycles. The summed E-state index contributed by atoms with van der Waals surface area (Å²) in [5.41, 5.74) is 0. The van der Waals surface area contributed by atoms with Gasteiger partial charge in [0.2, 0.25) is 0 Å². The van der Waals surface area contributed by atoms with Crippen molar-refractivity contribution in [1.29, 1.82) is 0 Å². The summed E-state index contributed by atoms with van der Waals surface area (Å²) in [5.74, 6) is -3.76. The van der Waals surface area contributed by atoms with Gasteiger partial charge in [-0.2, -0.15) is 0 Å². The molecule has 0 aromatic heterocycles. The number of hydrogen-bond donors (Lipinski definition) is 2. The average Bonchev–Trinajstić information content (AvgIpc) is 2.71. The molecule has 1 heterocycles. The standard InChI is InChI=1S/C22H36O10/c1-5-9-15(23)30-18-14(12-13(8-4)21(26)27)29-22(28)20(32-17(25)11-7-3)19(18)31-16(24)10-6-2/h13-14,18-20,22,28H,5-12H2,1-4H3,(H,26,27)/t13?,14-,18-,19+,20-,22?/m1/s1. The van der Waals surface area contributed by atoms with Gasteiger partial charge in [-0.15, -0.1) is 0 Å². The van der Waals surface area contributed by atoms with E-state index < -0.39 is 60.5 Å². The third-order valence-electron chi connectivity index (χ3n) is 5.13. The summed E-state index contributed by atoms with van der Waals surface area (Å²) in [6.45, 7) is 7.02. The van der Waals surface area contributed by atoms with E-state index >= 15 is 0 Å². The van der Waals surface area contributed by atoms with E-state index in [4.69, 9.17) is 18.9 Å². The number of aliphatic hydroxyl groups is 1. The lowest BCUT2D eigenvalue weighted by molar-refractivity contribution is -0.294. The number of carbonyl (C=O) groups excluding carboxylic acids is 3. The Bertz CT molecular complexity index is 634. The van der Waals surface area contributed by atoms with Crippen LogP contribution in [-0.2, 0) is 38.1 Å². The number of carbonyl (C=O) groups is 4. The van der Waals surface area contributed by atoms with Crippen LogP contribution in [0.3, 0.4) is 0 Å². The molecule has 0 spiro atoms. The van der Waals surface area contributed by atoms with Crippen molar-refractivity contribution in [2.24, 2.45) is 5.92 Å². The highest BCUT2D eigenvalue weighted by molar-refractivity contribution is 5.72. The van der Waals surface area contributed by atoms with Gasteiger partial charge in [0.05, 0.1) is 5.92 Å². The summed E-state index contributed by atoms with van der Waals surface area (Å²) in [6, 6.07) is 0. The van der Waals surface area contributed by atoms with Crippen LogP contribution in [0.4, 0.5) is 0 Å². The third kappa shape index (κ3) is 8.38. The van der Waals surface area contributed by atoms with Gasteiger partial charge in [0, 0.05) is 19.3 Å². The summed E-state index contributed by atoms with van der Waals surface area (Å²) >= 11 is 0. The zero-order valence-corrected chi connectivity index (χ0v) is 19.3. The van der Waals surface area contributed by atoms with Gasteiger partial charge in [0.25, 0.3) is 0 Å². The van der Waals surface area contributed by atoms with E-state index in [1.807, 2.05) is 0 Å². The Kier molecular flexibility index (Phi) is 12.2. The van der Waals surface area contributed by atoms with E-state index in [2.05, 4.69) is 0 Å². The van der Waals surface area contributed by atoms with Gasteiger partial charge in [0.1, 0.15) is 6.10 Å². The van der Waals surface area contributed by atoms with Crippen LogP contribution in [0, 0.1) is 5.92 Å². The molecule has 1 aliphatic rings. The largest absolute Gasteiger partial charge is 0.481 e. The van der Waals surface area contributed by atoms with Crippen molar-refractivity contribution in [1.82, 2.24) is 0 Å². The molecule has 2 N–H and O–H groups in total. The van der Waals surface area contributed by atoms with Crippen LogP contribution in [0.5, 0.6) is 0 Å². The second-order valence-electron chi connectivity index (χ2n) is 7.86. The summed E-state index contributed by atoms with van der Waals surface area (Å²) in [7, 11) is 0. The van der Waals surface area contributed by atoms with Crippen LogP contribution >= 0.6 is 0 Å². The van der Waals surface area contributed by atoms with Crippen molar-refractivity contribution in [2.75, 3.05) is 0 Å². The second-order valence-corrected chi connectivity index (χ2v) is 7.86. The molecule has 10 heteroatoms. The second kappa shape index (κ2) is 14.1. The maximum Gasteiger partial charge on any atom is 0.306 e. The lowest BCUT2D eigenvalue weighted by atomic mass is 9.89.